The van der Waals surface area contributed by atoms with E-state index in [0.717, 1.165) is 6.42 Å². The molecule has 0 radical (unpaired) electrons. The molecule has 0 unspecified atom stereocenters. The van der Waals surface area contributed by atoms with Crippen molar-refractivity contribution in [2.45, 2.75) is 46.1 Å². The molecule has 0 heterocycles. The van der Waals surface area contributed by atoms with Crippen LogP contribution >= 0.6 is 0 Å². The molecule has 0 saturated heterocycles. The van der Waals surface area contributed by atoms with E-state index in [2.05, 4.69) is 33.0 Å². The highest BCUT2D eigenvalue weighted by atomic mass is 16.3. The second-order valence-electron chi connectivity index (χ2n) is 5.76. The van der Waals surface area contributed by atoms with E-state index in [-0.39, 0.29) is 18.6 Å². The first kappa shape index (κ1) is 15.7. The minimum atomic E-state index is -0.169. The van der Waals surface area contributed by atoms with Gasteiger partial charge in [-0.3, -0.25) is 4.79 Å². The van der Waals surface area contributed by atoms with Gasteiger partial charge in [0.2, 0.25) is 0 Å². The molecule has 0 saturated carbocycles. The molecule has 3 nitrogen and oxygen atoms in total. The van der Waals surface area contributed by atoms with Gasteiger partial charge in [-0.2, -0.15) is 0 Å². The fraction of sp³-hybridized carbons (Fsp3) is 0.562. The topological polar surface area (TPSA) is 49.3 Å². The Morgan fingerprint density at radius 2 is 1.74 bits per heavy atom. The van der Waals surface area contributed by atoms with Crippen molar-refractivity contribution in [2.75, 3.05) is 6.61 Å². The molecule has 1 atom stereocenters. The summed E-state index contributed by atoms with van der Waals surface area (Å²) in [5.74, 6) is 0.791. The Morgan fingerprint density at radius 3 is 2.16 bits per heavy atom. The molecule has 1 amide bonds. The second-order valence-corrected chi connectivity index (χ2v) is 5.76. The van der Waals surface area contributed by atoms with E-state index in [1.807, 2.05) is 24.3 Å². The summed E-state index contributed by atoms with van der Waals surface area (Å²) in [6.07, 6.45) is 0.784. The monoisotopic (exact) mass is 263 g/mol. The number of amides is 1. The van der Waals surface area contributed by atoms with Gasteiger partial charge in [-0.15, -0.1) is 0 Å². The van der Waals surface area contributed by atoms with Crippen molar-refractivity contribution in [3.05, 3.63) is 35.4 Å². The second kappa shape index (κ2) is 7.29. The normalized spacial score (nSPS) is 12.8. The lowest BCUT2D eigenvalue weighted by molar-refractivity contribution is 0.0908. The van der Waals surface area contributed by atoms with Crippen LogP contribution in [0.2, 0.25) is 0 Å². The molecular formula is C16H25NO2. The molecule has 0 fully saturated rings. The van der Waals surface area contributed by atoms with Crippen molar-refractivity contribution < 1.29 is 9.90 Å². The average Bonchev–Trinajstić information content (AvgIpc) is 2.37. The van der Waals surface area contributed by atoms with Gasteiger partial charge < -0.3 is 10.4 Å². The average molecular weight is 263 g/mol. The molecule has 1 aromatic rings. The molecule has 0 aliphatic heterocycles. The third-order valence-corrected chi connectivity index (χ3v) is 3.15. The Hall–Kier alpha value is -1.35. The first-order valence-corrected chi connectivity index (χ1v) is 6.95. The Kier molecular flexibility index (Phi) is 6.03. The van der Waals surface area contributed by atoms with Crippen molar-refractivity contribution in [2.24, 2.45) is 5.92 Å². The van der Waals surface area contributed by atoms with Gasteiger partial charge in [0, 0.05) is 5.56 Å². The van der Waals surface area contributed by atoms with E-state index in [0.29, 0.717) is 17.4 Å². The van der Waals surface area contributed by atoms with Crippen molar-refractivity contribution in [1.82, 2.24) is 5.32 Å². The standard InChI is InChI=1S/C16H25NO2/c1-11(2)9-15(10-18)17-16(19)14-7-5-13(6-8-14)12(3)4/h5-8,11-12,15,18H,9-10H2,1-4H3,(H,17,19)/t15-/m0/s1. The van der Waals surface area contributed by atoms with Crippen molar-refractivity contribution in [1.29, 1.82) is 0 Å². The van der Waals surface area contributed by atoms with Crippen LogP contribution in [0.15, 0.2) is 24.3 Å². The van der Waals surface area contributed by atoms with Gasteiger partial charge in [0.05, 0.1) is 12.6 Å². The quantitative estimate of drug-likeness (QED) is 0.829. The fourth-order valence-corrected chi connectivity index (χ4v) is 2.04. The minimum absolute atomic E-state index is 0.0198. The molecule has 0 aromatic heterocycles. The zero-order valence-corrected chi connectivity index (χ0v) is 12.3. The van der Waals surface area contributed by atoms with Crippen molar-refractivity contribution in [3.63, 3.8) is 0 Å². The third-order valence-electron chi connectivity index (χ3n) is 3.15. The largest absolute Gasteiger partial charge is 0.394 e. The molecule has 1 rings (SSSR count). The summed E-state index contributed by atoms with van der Waals surface area (Å²) in [5.41, 5.74) is 1.86. The number of aliphatic hydroxyl groups excluding tert-OH is 1. The maximum Gasteiger partial charge on any atom is 0.251 e. The lowest BCUT2D eigenvalue weighted by Gasteiger charge is -2.18. The number of aliphatic hydroxyl groups is 1. The van der Waals surface area contributed by atoms with Gasteiger partial charge in [0.15, 0.2) is 0 Å². The van der Waals surface area contributed by atoms with Gasteiger partial charge >= 0.3 is 0 Å². The molecule has 0 aliphatic rings. The van der Waals surface area contributed by atoms with Gasteiger partial charge in [-0.05, 0) is 36.0 Å². The Morgan fingerprint density at radius 1 is 1.16 bits per heavy atom. The zero-order chi connectivity index (χ0) is 14.4. The van der Waals surface area contributed by atoms with Crippen LogP contribution in [0, 0.1) is 5.92 Å². The summed E-state index contributed by atoms with van der Waals surface area (Å²) in [6, 6.07) is 7.48. The molecule has 0 bridgehead atoms. The number of nitrogens with one attached hydrogen (secondary N) is 1. The number of benzene rings is 1. The number of carbonyl (C=O) groups is 1. The van der Waals surface area contributed by atoms with E-state index in [4.69, 9.17) is 0 Å². The SMILES string of the molecule is CC(C)C[C@@H](CO)NC(=O)c1ccc(C(C)C)cc1. The van der Waals surface area contributed by atoms with E-state index in [1.54, 1.807) is 0 Å². The van der Waals surface area contributed by atoms with Crippen molar-refractivity contribution in [3.8, 4) is 0 Å². The first-order valence-electron chi connectivity index (χ1n) is 6.95. The number of hydrogen-bond acceptors (Lipinski definition) is 2. The van der Waals surface area contributed by atoms with E-state index in [9.17, 15) is 9.90 Å². The number of carbonyl (C=O) groups excluding carboxylic acids is 1. The summed E-state index contributed by atoms with van der Waals surface area (Å²) in [7, 11) is 0. The maximum absolute atomic E-state index is 12.1. The van der Waals surface area contributed by atoms with Gasteiger partial charge in [0.1, 0.15) is 0 Å². The summed E-state index contributed by atoms with van der Waals surface area (Å²) in [4.78, 5) is 12.1. The van der Waals surface area contributed by atoms with Crippen LogP contribution in [0.3, 0.4) is 0 Å². The highest BCUT2D eigenvalue weighted by Crippen LogP contribution is 2.15. The summed E-state index contributed by atoms with van der Waals surface area (Å²) in [5, 5.41) is 12.1. The van der Waals surface area contributed by atoms with Crippen LogP contribution in [0.25, 0.3) is 0 Å². The fourth-order valence-electron chi connectivity index (χ4n) is 2.04. The first-order chi connectivity index (χ1) is 8.93. The molecule has 3 heteroatoms. The molecule has 1 aromatic carbocycles. The van der Waals surface area contributed by atoms with Crippen LogP contribution in [-0.4, -0.2) is 23.7 Å². The van der Waals surface area contributed by atoms with E-state index in [1.165, 1.54) is 5.56 Å². The maximum atomic E-state index is 12.1. The van der Waals surface area contributed by atoms with Crippen LogP contribution in [0.4, 0.5) is 0 Å². The number of rotatable bonds is 6. The van der Waals surface area contributed by atoms with Crippen LogP contribution in [-0.2, 0) is 0 Å². The van der Waals surface area contributed by atoms with Crippen LogP contribution in [0.1, 0.15) is 56.0 Å². The third kappa shape index (κ3) is 5.03. The molecule has 0 aliphatic carbocycles. The summed E-state index contributed by atoms with van der Waals surface area (Å²) in [6.45, 7) is 8.38. The van der Waals surface area contributed by atoms with Crippen LogP contribution in [0.5, 0.6) is 0 Å². The Labute approximate surface area is 116 Å². The molecule has 2 N–H and O–H groups in total. The molecule has 106 valence electrons. The minimum Gasteiger partial charge on any atom is -0.394 e. The lowest BCUT2D eigenvalue weighted by atomic mass is 10.0. The molecule has 0 spiro atoms. The Balaban J connectivity index is 2.66. The summed E-state index contributed by atoms with van der Waals surface area (Å²) < 4.78 is 0. The predicted molar refractivity (Wildman–Crippen MR) is 78.3 cm³/mol. The van der Waals surface area contributed by atoms with Gasteiger partial charge in [-0.1, -0.05) is 39.8 Å². The molecular weight excluding hydrogens is 238 g/mol. The van der Waals surface area contributed by atoms with E-state index < -0.39 is 0 Å². The highest BCUT2D eigenvalue weighted by Gasteiger charge is 2.14. The van der Waals surface area contributed by atoms with Gasteiger partial charge in [-0.25, -0.2) is 0 Å². The smallest absolute Gasteiger partial charge is 0.251 e. The summed E-state index contributed by atoms with van der Waals surface area (Å²) >= 11 is 0. The zero-order valence-electron chi connectivity index (χ0n) is 12.3. The predicted octanol–water partition coefficient (Wildman–Crippen LogP) is 2.95. The lowest BCUT2D eigenvalue weighted by Crippen LogP contribution is -2.38. The molecule has 19 heavy (non-hydrogen) atoms. The van der Waals surface area contributed by atoms with Crippen molar-refractivity contribution >= 4 is 5.91 Å². The van der Waals surface area contributed by atoms with Crippen LogP contribution < -0.4 is 5.32 Å². The number of hydrogen-bond donors (Lipinski definition) is 2. The Bertz CT molecular complexity index is 396. The highest BCUT2D eigenvalue weighted by molar-refractivity contribution is 5.94. The van der Waals surface area contributed by atoms with Gasteiger partial charge in [0.25, 0.3) is 5.91 Å². The van der Waals surface area contributed by atoms with E-state index >= 15 is 0 Å².